The summed E-state index contributed by atoms with van der Waals surface area (Å²) in [5, 5.41) is 0. The van der Waals surface area contributed by atoms with Gasteiger partial charge in [-0.05, 0) is 24.3 Å². The zero-order valence-corrected chi connectivity index (χ0v) is 12.3. The lowest BCUT2D eigenvalue weighted by atomic mass is 10.2. The first-order valence-corrected chi connectivity index (χ1v) is 7.15. The minimum Gasteiger partial charge on any atom is -0.495 e. The first-order chi connectivity index (χ1) is 10.3. The third-order valence-electron chi connectivity index (χ3n) is 3.35. The van der Waals surface area contributed by atoms with Crippen LogP contribution >= 0.6 is 11.6 Å². The molecule has 0 saturated heterocycles. The van der Waals surface area contributed by atoms with Gasteiger partial charge in [0.05, 0.1) is 18.3 Å². The van der Waals surface area contributed by atoms with E-state index >= 15 is 0 Å². The van der Waals surface area contributed by atoms with Gasteiger partial charge in [0.25, 0.3) is 0 Å². The summed E-state index contributed by atoms with van der Waals surface area (Å²) in [7, 11) is 1.61. The number of hydrogen-bond donors (Lipinski definition) is 0. The van der Waals surface area contributed by atoms with Gasteiger partial charge in [0.1, 0.15) is 17.1 Å². The van der Waals surface area contributed by atoms with E-state index in [2.05, 4.69) is 4.98 Å². The number of halogens is 2. The zero-order valence-electron chi connectivity index (χ0n) is 11.5. The number of aryl methyl sites for hydroxylation is 1. The Morgan fingerprint density at radius 2 is 2.00 bits per heavy atom. The molecule has 21 heavy (non-hydrogen) atoms. The lowest BCUT2D eigenvalue weighted by Crippen LogP contribution is -2.04. The topological polar surface area (TPSA) is 27.1 Å². The SMILES string of the molecule is COc1ccccc1-n1c(CCCl)nc2c(F)cccc21. The number of fused-ring (bicyclic) bond motifs is 1. The molecule has 5 heteroatoms. The highest BCUT2D eigenvalue weighted by Gasteiger charge is 2.17. The highest BCUT2D eigenvalue weighted by atomic mass is 35.5. The summed E-state index contributed by atoms with van der Waals surface area (Å²) in [6.45, 7) is 0. The fourth-order valence-electron chi connectivity index (χ4n) is 2.45. The number of para-hydroxylation sites is 3. The number of aromatic nitrogens is 2. The molecule has 0 fully saturated rings. The molecular formula is C16H14ClFN2O. The fourth-order valence-corrected chi connectivity index (χ4v) is 2.62. The van der Waals surface area contributed by atoms with E-state index in [4.69, 9.17) is 16.3 Å². The van der Waals surface area contributed by atoms with E-state index in [1.807, 2.05) is 34.9 Å². The van der Waals surface area contributed by atoms with Crippen LogP contribution in [0.25, 0.3) is 16.7 Å². The van der Waals surface area contributed by atoms with Crippen molar-refractivity contribution in [1.82, 2.24) is 9.55 Å². The van der Waals surface area contributed by atoms with Crippen LogP contribution in [0.2, 0.25) is 0 Å². The van der Waals surface area contributed by atoms with E-state index in [9.17, 15) is 4.39 Å². The second kappa shape index (κ2) is 5.74. The predicted octanol–water partition coefficient (Wildman–Crippen LogP) is 3.95. The van der Waals surface area contributed by atoms with Crippen LogP contribution in [-0.2, 0) is 6.42 Å². The molecule has 3 rings (SSSR count). The van der Waals surface area contributed by atoms with Crippen molar-refractivity contribution in [2.24, 2.45) is 0 Å². The van der Waals surface area contributed by atoms with Crippen molar-refractivity contribution >= 4 is 22.6 Å². The Bertz CT molecular complexity index is 785. The number of hydrogen-bond acceptors (Lipinski definition) is 2. The fraction of sp³-hybridized carbons (Fsp3) is 0.188. The second-order valence-electron chi connectivity index (χ2n) is 4.58. The van der Waals surface area contributed by atoms with E-state index in [1.165, 1.54) is 6.07 Å². The molecule has 0 radical (unpaired) electrons. The van der Waals surface area contributed by atoms with Gasteiger partial charge in [0.2, 0.25) is 0 Å². The molecule has 0 aliphatic heterocycles. The number of alkyl halides is 1. The third-order valence-corrected chi connectivity index (χ3v) is 3.54. The number of methoxy groups -OCH3 is 1. The minimum atomic E-state index is -0.336. The van der Waals surface area contributed by atoms with Crippen LogP contribution in [0.4, 0.5) is 4.39 Å². The third kappa shape index (κ3) is 2.36. The molecule has 0 atom stereocenters. The van der Waals surface area contributed by atoms with Crippen LogP contribution in [0.1, 0.15) is 5.82 Å². The summed E-state index contributed by atoms with van der Waals surface area (Å²) in [5.74, 6) is 1.50. The van der Waals surface area contributed by atoms with Gasteiger partial charge in [-0.3, -0.25) is 4.57 Å². The summed E-state index contributed by atoms with van der Waals surface area (Å²) < 4.78 is 21.3. The molecule has 1 aromatic heterocycles. The number of nitrogens with zero attached hydrogens (tertiary/aromatic N) is 2. The molecule has 0 saturated carbocycles. The van der Waals surface area contributed by atoms with Crippen molar-refractivity contribution < 1.29 is 9.13 Å². The zero-order chi connectivity index (χ0) is 14.8. The predicted molar refractivity (Wildman–Crippen MR) is 82.0 cm³/mol. The van der Waals surface area contributed by atoms with Crippen LogP contribution in [0, 0.1) is 5.82 Å². The van der Waals surface area contributed by atoms with Gasteiger partial charge in [-0.15, -0.1) is 11.6 Å². The highest BCUT2D eigenvalue weighted by molar-refractivity contribution is 6.17. The van der Waals surface area contributed by atoms with E-state index in [0.717, 1.165) is 11.5 Å². The molecule has 1 heterocycles. The normalized spacial score (nSPS) is 11.0. The highest BCUT2D eigenvalue weighted by Crippen LogP contribution is 2.29. The Morgan fingerprint density at radius 3 is 2.76 bits per heavy atom. The maximum Gasteiger partial charge on any atom is 0.151 e. The first-order valence-electron chi connectivity index (χ1n) is 6.61. The molecule has 2 aromatic carbocycles. The molecule has 0 unspecified atom stereocenters. The quantitative estimate of drug-likeness (QED) is 0.682. The number of benzene rings is 2. The van der Waals surface area contributed by atoms with Gasteiger partial charge >= 0.3 is 0 Å². The van der Waals surface area contributed by atoms with Crippen LogP contribution in [0.3, 0.4) is 0 Å². The summed E-state index contributed by atoms with van der Waals surface area (Å²) in [6.07, 6.45) is 0.549. The Balaban J connectivity index is 2.34. The maximum atomic E-state index is 14.0. The summed E-state index contributed by atoms with van der Waals surface area (Å²) in [6, 6.07) is 12.5. The maximum absolute atomic E-state index is 14.0. The molecule has 108 valence electrons. The van der Waals surface area contributed by atoms with Gasteiger partial charge in [0, 0.05) is 12.3 Å². The smallest absolute Gasteiger partial charge is 0.151 e. The molecular weight excluding hydrogens is 291 g/mol. The van der Waals surface area contributed by atoms with Crippen molar-refractivity contribution in [2.75, 3.05) is 13.0 Å². The molecule has 0 aliphatic rings. The molecule has 0 aliphatic carbocycles. The Labute approximate surface area is 126 Å². The lowest BCUT2D eigenvalue weighted by molar-refractivity contribution is 0.413. The Kier molecular flexibility index (Phi) is 3.80. The molecule has 0 spiro atoms. The molecule has 0 bridgehead atoms. The van der Waals surface area contributed by atoms with Crippen LogP contribution in [0.5, 0.6) is 5.75 Å². The van der Waals surface area contributed by atoms with Crippen LogP contribution in [0.15, 0.2) is 42.5 Å². The van der Waals surface area contributed by atoms with Crippen molar-refractivity contribution in [3.63, 3.8) is 0 Å². The van der Waals surface area contributed by atoms with Gasteiger partial charge in [-0.2, -0.15) is 0 Å². The van der Waals surface area contributed by atoms with Crippen molar-refractivity contribution in [2.45, 2.75) is 6.42 Å². The van der Waals surface area contributed by atoms with Gasteiger partial charge in [-0.25, -0.2) is 9.37 Å². The molecule has 3 nitrogen and oxygen atoms in total. The average molecular weight is 305 g/mol. The first kappa shape index (κ1) is 13.9. The van der Waals surface area contributed by atoms with Crippen molar-refractivity contribution in [3.05, 3.63) is 54.1 Å². The van der Waals surface area contributed by atoms with Crippen LogP contribution in [-0.4, -0.2) is 22.5 Å². The van der Waals surface area contributed by atoms with E-state index < -0.39 is 0 Å². The van der Waals surface area contributed by atoms with E-state index in [-0.39, 0.29) is 5.82 Å². The van der Waals surface area contributed by atoms with Crippen molar-refractivity contribution in [3.8, 4) is 11.4 Å². The minimum absolute atomic E-state index is 0.336. The summed E-state index contributed by atoms with van der Waals surface area (Å²) >= 11 is 5.86. The second-order valence-corrected chi connectivity index (χ2v) is 4.96. The van der Waals surface area contributed by atoms with Crippen LogP contribution < -0.4 is 4.74 Å². The monoisotopic (exact) mass is 304 g/mol. The molecule has 3 aromatic rings. The molecule has 0 amide bonds. The van der Waals surface area contributed by atoms with E-state index in [0.29, 0.717) is 29.1 Å². The van der Waals surface area contributed by atoms with Gasteiger partial charge in [-0.1, -0.05) is 18.2 Å². The largest absolute Gasteiger partial charge is 0.495 e. The summed E-state index contributed by atoms with van der Waals surface area (Å²) in [4.78, 5) is 4.40. The van der Waals surface area contributed by atoms with Gasteiger partial charge in [0.15, 0.2) is 5.82 Å². The standard InChI is InChI=1S/C16H14ClFN2O/c1-21-14-8-3-2-6-12(14)20-13-7-4-5-11(18)16(13)19-15(20)9-10-17/h2-8H,9-10H2,1H3. The number of ether oxygens (including phenoxy) is 1. The Morgan fingerprint density at radius 1 is 1.19 bits per heavy atom. The number of rotatable bonds is 4. The number of imidazole rings is 1. The van der Waals surface area contributed by atoms with Crippen molar-refractivity contribution in [1.29, 1.82) is 0 Å². The van der Waals surface area contributed by atoms with Gasteiger partial charge < -0.3 is 4.74 Å². The average Bonchev–Trinajstić information content (AvgIpc) is 2.87. The Hall–Kier alpha value is -2.07. The van der Waals surface area contributed by atoms with E-state index in [1.54, 1.807) is 13.2 Å². The summed E-state index contributed by atoms with van der Waals surface area (Å²) in [5.41, 5.74) is 1.89. The lowest BCUT2D eigenvalue weighted by Gasteiger charge is -2.12. The molecule has 0 N–H and O–H groups in total.